The maximum atomic E-state index is 12.6. The van der Waals surface area contributed by atoms with Crippen molar-refractivity contribution in [1.82, 2.24) is 19.4 Å². The van der Waals surface area contributed by atoms with Crippen LogP contribution >= 0.6 is 0 Å². The van der Waals surface area contributed by atoms with E-state index in [0.717, 1.165) is 10.9 Å². The number of carbonyl (C=O) groups is 2. The Labute approximate surface area is 201 Å². The maximum Gasteiger partial charge on any atom is 0.335 e. The second-order valence-electron chi connectivity index (χ2n) is 8.55. The number of carboxylic acid groups (broad SMARTS) is 2. The number of hydrogen-bond acceptors (Lipinski definition) is 6. The van der Waals surface area contributed by atoms with Crippen molar-refractivity contribution in [2.24, 2.45) is 0 Å². The van der Waals surface area contributed by atoms with Gasteiger partial charge in [0.05, 0.1) is 5.56 Å². The standard InChI is InChI=1S/C26H25N5O4/c32-24(33)19-7-8-20-21(17-31(22(20)15-19)16-18-5-2-1-3-6-18)23(25(34)35)29-11-13-30(14-12-29)26-27-9-4-10-28-26/h1-10,15,17,23H,11-14,16H2,(H,32,33)(H,34,35). The monoisotopic (exact) mass is 471 g/mol. The van der Waals surface area contributed by atoms with Crippen molar-refractivity contribution in [3.63, 3.8) is 0 Å². The first-order valence-electron chi connectivity index (χ1n) is 11.4. The van der Waals surface area contributed by atoms with E-state index in [2.05, 4.69) is 9.97 Å². The summed E-state index contributed by atoms with van der Waals surface area (Å²) in [6, 6.07) is 15.6. The molecule has 1 fully saturated rings. The first-order valence-corrected chi connectivity index (χ1v) is 11.4. The molecule has 2 aromatic carbocycles. The van der Waals surface area contributed by atoms with Crippen LogP contribution in [0, 0.1) is 0 Å². The van der Waals surface area contributed by atoms with Crippen LogP contribution in [0.5, 0.6) is 0 Å². The Morgan fingerprint density at radius 1 is 0.914 bits per heavy atom. The third kappa shape index (κ3) is 4.58. The summed E-state index contributed by atoms with van der Waals surface area (Å²) in [5, 5.41) is 20.5. The average Bonchev–Trinajstić information content (AvgIpc) is 3.22. The van der Waals surface area contributed by atoms with E-state index in [1.54, 1.807) is 30.6 Å². The van der Waals surface area contributed by atoms with Crippen molar-refractivity contribution in [1.29, 1.82) is 0 Å². The van der Waals surface area contributed by atoms with Gasteiger partial charge in [0.25, 0.3) is 0 Å². The van der Waals surface area contributed by atoms with E-state index < -0.39 is 18.0 Å². The third-order valence-electron chi connectivity index (χ3n) is 6.40. The highest BCUT2D eigenvalue weighted by atomic mass is 16.4. The van der Waals surface area contributed by atoms with Gasteiger partial charge >= 0.3 is 11.9 Å². The van der Waals surface area contributed by atoms with E-state index in [1.165, 1.54) is 6.07 Å². The minimum Gasteiger partial charge on any atom is -0.480 e. The number of nitrogens with zero attached hydrogens (tertiary/aromatic N) is 5. The molecule has 5 rings (SSSR count). The lowest BCUT2D eigenvalue weighted by Crippen LogP contribution is -2.49. The topological polar surface area (TPSA) is 112 Å². The van der Waals surface area contributed by atoms with Gasteiger partial charge in [-0.1, -0.05) is 36.4 Å². The zero-order valence-electron chi connectivity index (χ0n) is 19.0. The molecule has 0 bridgehead atoms. The molecule has 9 nitrogen and oxygen atoms in total. The fourth-order valence-corrected chi connectivity index (χ4v) is 4.70. The lowest BCUT2D eigenvalue weighted by atomic mass is 10.0. The molecule has 2 N–H and O–H groups in total. The Morgan fingerprint density at radius 2 is 1.63 bits per heavy atom. The van der Waals surface area contributed by atoms with E-state index in [-0.39, 0.29) is 5.56 Å². The van der Waals surface area contributed by atoms with E-state index in [0.29, 0.717) is 49.8 Å². The zero-order chi connectivity index (χ0) is 24.4. The number of piperazine rings is 1. The van der Waals surface area contributed by atoms with Crippen molar-refractivity contribution in [2.45, 2.75) is 12.6 Å². The van der Waals surface area contributed by atoms with Crippen molar-refractivity contribution in [3.8, 4) is 0 Å². The highest BCUT2D eigenvalue weighted by Crippen LogP contribution is 2.33. The molecule has 1 atom stereocenters. The van der Waals surface area contributed by atoms with Gasteiger partial charge in [0.15, 0.2) is 0 Å². The van der Waals surface area contributed by atoms with Gasteiger partial charge in [0.1, 0.15) is 6.04 Å². The number of benzene rings is 2. The molecular weight excluding hydrogens is 446 g/mol. The first kappa shape index (κ1) is 22.5. The lowest BCUT2D eigenvalue weighted by Gasteiger charge is -2.37. The van der Waals surface area contributed by atoms with Crippen molar-refractivity contribution < 1.29 is 19.8 Å². The minimum absolute atomic E-state index is 0.166. The molecule has 1 aliphatic heterocycles. The predicted octanol–water partition coefficient (Wildman–Crippen LogP) is 3.13. The smallest absolute Gasteiger partial charge is 0.335 e. The highest BCUT2D eigenvalue weighted by molar-refractivity contribution is 5.96. The second kappa shape index (κ2) is 9.55. The van der Waals surface area contributed by atoms with Gasteiger partial charge in [-0.2, -0.15) is 0 Å². The van der Waals surface area contributed by atoms with Crippen molar-refractivity contribution >= 4 is 28.8 Å². The summed E-state index contributed by atoms with van der Waals surface area (Å²) in [5.74, 6) is -1.31. The van der Waals surface area contributed by atoms with Crippen LogP contribution in [0.15, 0.2) is 73.2 Å². The van der Waals surface area contributed by atoms with Crippen LogP contribution in [0.1, 0.15) is 27.5 Å². The number of hydrogen-bond donors (Lipinski definition) is 2. The van der Waals surface area contributed by atoms with Crippen LogP contribution in [0.25, 0.3) is 10.9 Å². The van der Waals surface area contributed by atoms with Gasteiger partial charge in [-0.25, -0.2) is 14.8 Å². The summed E-state index contributed by atoms with van der Waals surface area (Å²) in [6.45, 7) is 2.80. The molecule has 9 heteroatoms. The number of rotatable bonds is 7. The molecule has 2 aromatic heterocycles. The highest BCUT2D eigenvalue weighted by Gasteiger charge is 2.33. The number of aromatic nitrogens is 3. The number of anilines is 1. The second-order valence-corrected chi connectivity index (χ2v) is 8.55. The Hall–Kier alpha value is -4.24. The van der Waals surface area contributed by atoms with Crippen molar-refractivity contribution in [3.05, 3.63) is 89.9 Å². The molecule has 1 unspecified atom stereocenters. The molecule has 1 saturated heterocycles. The van der Waals surface area contributed by atoms with Gasteiger partial charge in [-0.15, -0.1) is 0 Å². The molecule has 1 aliphatic rings. The number of aromatic carboxylic acids is 1. The molecule has 4 aromatic rings. The summed E-state index contributed by atoms with van der Waals surface area (Å²) in [6.07, 6.45) is 5.25. The van der Waals surface area contributed by atoms with Gasteiger partial charge in [0, 0.05) is 67.8 Å². The van der Waals surface area contributed by atoms with Gasteiger partial charge in [0.2, 0.25) is 5.95 Å². The van der Waals surface area contributed by atoms with E-state index in [4.69, 9.17) is 0 Å². The summed E-state index contributed by atoms with van der Waals surface area (Å²) in [7, 11) is 0. The van der Waals surface area contributed by atoms with Crippen LogP contribution in [0.4, 0.5) is 5.95 Å². The SMILES string of the molecule is O=C(O)c1ccc2c(C(C(=O)O)N3CCN(c4ncccn4)CC3)cn(Cc3ccccc3)c2c1. The molecule has 0 saturated carbocycles. The number of fused-ring (bicyclic) bond motifs is 1. The van der Waals surface area contributed by atoms with Crippen LogP contribution in [-0.4, -0.2) is 67.8 Å². The summed E-state index contributed by atoms with van der Waals surface area (Å²) < 4.78 is 1.94. The fraction of sp³-hybridized carbons (Fsp3) is 0.231. The Balaban J connectivity index is 1.50. The van der Waals surface area contributed by atoms with E-state index in [1.807, 2.05) is 50.9 Å². The van der Waals surface area contributed by atoms with Crippen LogP contribution in [-0.2, 0) is 11.3 Å². The van der Waals surface area contributed by atoms with Crippen LogP contribution in [0.3, 0.4) is 0 Å². The van der Waals surface area contributed by atoms with E-state index >= 15 is 0 Å². The molecular formula is C26H25N5O4. The summed E-state index contributed by atoms with van der Waals surface area (Å²) >= 11 is 0. The Morgan fingerprint density at radius 3 is 2.29 bits per heavy atom. The quantitative estimate of drug-likeness (QED) is 0.423. The Bertz CT molecular complexity index is 1350. The number of carboxylic acids is 2. The first-order chi connectivity index (χ1) is 17.0. The molecule has 0 amide bonds. The normalized spacial score (nSPS) is 15.3. The maximum absolute atomic E-state index is 12.6. The summed E-state index contributed by atoms with van der Waals surface area (Å²) in [5.41, 5.74) is 2.57. The largest absolute Gasteiger partial charge is 0.480 e. The third-order valence-corrected chi connectivity index (χ3v) is 6.40. The number of aliphatic carboxylic acids is 1. The van der Waals surface area contributed by atoms with Gasteiger partial charge in [-0.3, -0.25) is 9.69 Å². The lowest BCUT2D eigenvalue weighted by molar-refractivity contribution is -0.143. The molecule has 0 aliphatic carbocycles. The predicted molar refractivity (Wildman–Crippen MR) is 131 cm³/mol. The fourth-order valence-electron chi connectivity index (χ4n) is 4.70. The average molecular weight is 472 g/mol. The summed E-state index contributed by atoms with van der Waals surface area (Å²) in [4.78, 5) is 36.8. The molecule has 178 valence electrons. The minimum atomic E-state index is -1.02. The van der Waals surface area contributed by atoms with E-state index in [9.17, 15) is 19.8 Å². The zero-order valence-corrected chi connectivity index (χ0v) is 19.0. The Kier molecular flexibility index (Phi) is 6.15. The molecule has 0 radical (unpaired) electrons. The van der Waals surface area contributed by atoms with Crippen molar-refractivity contribution in [2.75, 3.05) is 31.1 Å². The van der Waals surface area contributed by atoms with Crippen LogP contribution in [0.2, 0.25) is 0 Å². The molecule has 35 heavy (non-hydrogen) atoms. The molecule has 0 spiro atoms. The van der Waals surface area contributed by atoms with Crippen LogP contribution < -0.4 is 4.90 Å². The molecule has 3 heterocycles. The van der Waals surface area contributed by atoms with Gasteiger partial charge in [-0.05, 0) is 23.8 Å². The van der Waals surface area contributed by atoms with Gasteiger partial charge < -0.3 is 19.7 Å².